The number of nitrogens with one attached hydrogen (secondary N) is 1. The van der Waals surface area contributed by atoms with E-state index in [0.29, 0.717) is 10.6 Å². The molecule has 0 aromatic carbocycles. The fraction of sp³-hybridized carbons (Fsp3) is 0.357. The molecule has 0 bridgehead atoms. The molecule has 3 heterocycles. The number of thiazole rings is 1. The highest BCUT2D eigenvalue weighted by atomic mass is 79.9. The van der Waals surface area contributed by atoms with Crippen LogP contribution in [0.3, 0.4) is 0 Å². The van der Waals surface area contributed by atoms with E-state index in [1.807, 2.05) is 0 Å². The number of aromatic nitrogens is 2. The van der Waals surface area contributed by atoms with Crippen molar-refractivity contribution in [1.29, 1.82) is 0 Å². The third kappa shape index (κ3) is 3.29. The second kappa shape index (κ2) is 6.72. The van der Waals surface area contributed by atoms with Crippen LogP contribution in [0.1, 0.15) is 21.8 Å². The third-order valence-corrected chi connectivity index (χ3v) is 4.96. The molecule has 1 aliphatic rings. The molecule has 22 heavy (non-hydrogen) atoms. The van der Waals surface area contributed by atoms with Gasteiger partial charge in [-0.25, -0.2) is 9.97 Å². The number of nitrogens with zero attached hydrogens (tertiary/aromatic N) is 3. The highest BCUT2D eigenvalue weighted by Crippen LogP contribution is 2.27. The number of carbonyl (C=O) groups excluding carboxylic acids is 1. The molecular formula is C14H16BrN5OS. The highest BCUT2D eigenvalue weighted by molar-refractivity contribution is 9.10. The summed E-state index contributed by atoms with van der Waals surface area (Å²) in [5, 5.41) is 4.83. The molecule has 3 N–H and O–H groups in total. The van der Waals surface area contributed by atoms with E-state index >= 15 is 0 Å². The molecular weight excluding hydrogens is 366 g/mol. The predicted octanol–water partition coefficient (Wildman–Crippen LogP) is 1.91. The van der Waals surface area contributed by atoms with Crippen molar-refractivity contribution in [2.45, 2.75) is 6.42 Å². The molecule has 1 fully saturated rings. The van der Waals surface area contributed by atoms with Crippen LogP contribution in [-0.4, -0.2) is 41.9 Å². The number of hydrogen-bond acceptors (Lipinski definition) is 7. The molecule has 2 aromatic rings. The van der Waals surface area contributed by atoms with Gasteiger partial charge >= 0.3 is 0 Å². The van der Waals surface area contributed by atoms with Crippen LogP contribution in [0.4, 0.5) is 10.8 Å². The minimum atomic E-state index is -0.185. The van der Waals surface area contributed by atoms with Crippen LogP contribution in [0.15, 0.2) is 22.9 Å². The molecule has 1 aliphatic heterocycles. The first-order chi connectivity index (χ1) is 10.6. The lowest BCUT2D eigenvalue weighted by Gasteiger charge is -2.18. The van der Waals surface area contributed by atoms with Gasteiger partial charge in [-0.1, -0.05) is 11.3 Å². The van der Waals surface area contributed by atoms with Crippen LogP contribution >= 0.6 is 27.3 Å². The molecule has 6 nitrogen and oxygen atoms in total. The zero-order valence-corrected chi connectivity index (χ0v) is 14.3. The molecule has 0 amide bonds. The summed E-state index contributed by atoms with van der Waals surface area (Å²) < 4.78 is 0.723. The van der Waals surface area contributed by atoms with Crippen LogP contribution in [-0.2, 0) is 0 Å². The second-order valence-corrected chi connectivity index (χ2v) is 6.93. The van der Waals surface area contributed by atoms with Gasteiger partial charge in [0.1, 0.15) is 10.8 Å². The number of carbonyl (C=O) groups is 1. The van der Waals surface area contributed by atoms with Gasteiger partial charge in [0.05, 0.1) is 11.8 Å². The molecule has 8 heteroatoms. The summed E-state index contributed by atoms with van der Waals surface area (Å²) in [5.74, 6) is 0.0411. The average Bonchev–Trinajstić information content (AvgIpc) is 2.85. The van der Waals surface area contributed by atoms with Gasteiger partial charge in [0, 0.05) is 30.3 Å². The van der Waals surface area contributed by atoms with Crippen LogP contribution in [0.2, 0.25) is 0 Å². The summed E-state index contributed by atoms with van der Waals surface area (Å²) in [6, 6.07) is 1.68. The lowest BCUT2D eigenvalue weighted by atomic mass is 10.2. The van der Waals surface area contributed by atoms with E-state index in [-0.39, 0.29) is 11.6 Å². The number of nitrogens with two attached hydrogens (primary N) is 1. The Kier molecular flexibility index (Phi) is 4.70. The fourth-order valence-electron chi connectivity index (χ4n) is 2.33. The smallest absolute Gasteiger partial charge is 0.225 e. The maximum atomic E-state index is 12.6. The SMILES string of the molecule is Nc1ncc(Br)cc1C(=O)c1ncc(N2CCCNCC2)s1. The zero-order valence-electron chi connectivity index (χ0n) is 11.9. The molecule has 116 valence electrons. The first-order valence-electron chi connectivity index (χ1n) is 7.02. The Labute approximate surface area is 140 Å². The van der Waals surface area contributed by atoms with Gasteiger partial charge in [0.25, 0.3) is 0 Å². The summed E-state index contributed by atoms with van der Waals surface area (Å²) in [6.45, 7) is 3.88. The van der Waals surface area contributed by atoms with Crippen molar-refractivity contribution in [2.75, 3.05) is 36.8 Å². The number of pyridine rings is 1. The molecule has 3 rings (SSSR count). The lowest BCUT2D eigenvalue weighted by molar-refractivity contribution is 0.103. The predicted molar refractivity (Wildman–Crippen MR) is 91.6 cm³/mol. The van der Waals surface area contributed by atoms with E-state index < -0.39 is 0 Å². The summed E-state index contributed by atoms with van der Waals surface area (Å²) in [6.07, 6.45) is 4.43. The van der Waals surface area contributed by atoms with Crippen LogP contribution in [0.5, 0.6) is 0 Å². The number of hydrogen-bond donors (Lipinski definition) is 2. The molecule has 0 aliphatic carbocycles. The standard InChI is InChI=1S/C14H16BrN5OS/c15-9-6-10(13(16)18-7-9)12(21)14-19-8-11(22-14)20-4-1-2-17-3-5-20/h6-8,17H,1-5H2,(H2,16,18). The van der Waals surface area contributed by atoms with Gasteiger partial charge in [0.15, 0.2) is 5.01 Å². The van der Waals surface area contributed by atoms with Gasteiger partial charge in [-0.3, -0.25) is 4.79 Å². The summed E-state index contributed by atoms with van der Waals surface area (Å²) in [5.41, 5.74) is 6.19. The molecule has 0 saturated carbocycles. The minimum Gasteiger partial charge on any atom is -0.383 e. The topological polar surface area (TPSA) is 84.1 Å². The van der Waals surface area contributed by atoms with E-state index in [0.717, 1.165) is 42.1 Å². The molecule has 0 radical (unpaired) electrons. The highest BCUT2D eigenvalue weighted by Gasteiger charge is 2.20. The number of rotatable bonds is 3. The van der Waals surface area contributed by atoms with Crippen molar-refractivity contribution in [3.63, 3.8) is 0 Å². The van der Waals surface area contributed by atoms with Crippen LogP contribution in [0.25, 0.3) is 0 Å². The number of ketones is 1. The van der Waals surface area contributed by atoms with Crippen molar-refractivity contribution in [3.05, 3.63) is 33.5 Å². The molecule has 1 saturated heterocycles. The van der Waals surface area contributed by atoms with E-state index in [2.05, 4.69) is 36.1 Å². The average molecular weight is 382 g/mol. The fourth-order valence-corrected chi connectivity index (χ4v) is 3.58. The maximum absolute atomic E-state index is 12.6. The van der Waals surface area contributed by atoms with Gasteiger partial charge in [-0.2, -0.15) is 0 Å². The Morgan fingerprint density at radius 3 is 3.05 bits per heavy atom. The summed E-state index contributed by atoms with van der Waals surface area (Å²) in [7, 11) is 0. The van der Waals surface area contributed by atoms with E-state index in [9.17, 15) is 4.79 Å². The number of nitrogen functional groups attached to an aromatic ring is 1. The van der Waals surface area contributed by atoms with Crippen molar-refractivity contribution >= 4 is 43.9 Å². The Hall–Kier alpha value is -1.51. The molecule has 0 atom stereocenters. The first kappa shape index (κ1) is 15.4. The van der Waals surface area contributed by atoms with Crippen molar-refractivity contribution in [3.8, 4) is 0 Å². The van der Waals surface area contributed by atoms with Crippen molar-refractivity contribution in [1.82, 2.24) is 15.3 Å². The van der Waals surface area contributed by atoms with E-state index in [4.69, 9.17) is 5.73 Å². The van der Waals surface area contributed by atoms with Crippen molar-refractivity contribution < 1.29 is 4.79 Å². The van der Waals surface area contributed by atoms with Gasteiger partial charge < -0.3 is 16.0 Å². The molecule has 0 unspecified atom stereocenters. The first-order valence-corrected chi connectivity index (χ1v) is 8.63. The number of halogens is 1. The van der Waals surface area contributed by atoms with E-state index in [1.165, 1.54) is 11.3 Å². The quantitative estimate of drug-likeness (QED) is 0.790. The Bertz CT molecular complexity index is 682. The summed E-state index contributed by atoms with van der Waals surface area (Å²) in [4.78, 5) is 23.1. The van der Waals surface area contributed by atoms with Crippen molar-refractivity contribution in [2.24, 2.45) is 0 Å². The zero-order chi connectivity index (χ0) is 15.5. The molecule has 2 aromatic heterocycles. The van der Waals surface area contributed by atoms with Crippen LogP contribution in [0, 0.1) is 0 Å². The van der Waals surface area contributed by atoms with Crippen LogP contribution < -0.4 is 16.0 Å². The molecule has 0 spiro atoms. The van der Waals surface area contributed by atoms with Gasteiger partial charge in [0.2, 0.25) is 5.78 Å². The maximum Gasteiger partial charge on any atom is 0.225 e. The minimum absolute atomic E-state index is 0.185. The Morgan fingerprint density at radius 2 is 2.18 bits per heavy atom. The normalized spacial score (nSPS) is 15.6. The second-order valence-electron chi connectivity index (χ2n) is 5.01. The van der Waals surface area contributed by atoms with Gasteiger partial charge in [-0.15, -0.1) is 0 Å². The third-order valence-electron chi connectivity index (χ3n) is 3.47. The Morgan fingerprint density at radius 1 is 1.32 bits per heavy atom. The van der Waals surface area contributed by atoms with E-state index in [1.54, 1.807) is 18.5 Å². The summed E-state index contributed by atoms with van der Waals surface area (Å²) >= 11 is 4.72. The number of anilines is 2. The van der Waals surface area contributed by atoms with Gasteiger partial charge in [-0.05, 0) is 35.0 Å². The Balaban J connectivity index is 1.83. The lowest BCUT2D eigenvalue weighted by Crippen LogP contribution is -2.26. The monoisotopic (exact) mass is 381 g/mol. The largest absolute Gasteiger partial charge is 0.383 e.